The van der Waals surface area contributed by atoms with Gasteiger partial charge in [0.25, 0.3) is 5.91 Å². The zero-order chi connectivity index (χ0) is 34.3. The van der Waals surface area contributed by atoms with Gasteiger partial charge in [-0.2, -0.15) is 0 Å². The molecule has 242 valence electrons. The van der Waals surface area contributed by atoms with Gasteiger partial charge in [-0.15, -0.1) is 0 Å². The van der Waals surface area contributed by atoms with Crippen molar-refractivity contribution in [3.63, 3.8) is 0 Å². The first kappa shape index (κ1) is 35.7. The maximum atomic E-state index is 12.4. The van der Waals surface area contributed by atoms with E-state index in [1.54, 1.807) is 18.2 Å². The topological polar surface area (TPSA) is 108 Å². The number of hydrogen-bond donors (Lipinski definition) is 3. The molecular formula is C33H50Br2N2O6. The number of amides is 1. The van der Waals surface area contributed by atoms with Gasteiger partial charge in [0.2, 0.25) is 0 Å². The Morgan fingerprint density at radius 3 is 1.79 bits per heavy atom. The minimum absolute atomic E-state index is 0.0904. The largest absolute Gasteiger partial charge is 0.478 e. The molecule has 2 unspecified atom stereocenters. The van der Waals surface area contributed by atoms with Crippen molar-refractivity contribution in [1.29, 1.82) is 0 Å². The van der Waals surface area contributed by atoms with E-state index >= 15 is 0 Å². The number of nitrogens with zero attached hydrogens (tertiary/aromatic N) is 1. The summed E-state index contributed by atoms with van der Waals surface area (Å²) in [5.74, 6) is -0.798. The van der Waals surface area contributed by atoms with Crippen LogP contribution in [0, 0.1) is 13.8 Å². The summed E-state index contributed by atoms with van der Waals surface area (Å²) in [6.07, 6.45) is 1.49. The molecule has 2 aliphatic heterocycles. The van der Waals surface area contributed by atoms with Gasteiger partial charge in [-0.25, -0.2) is 4.79 Å². The van der Waals surface area contributed by atoms with Gasteiger partial charge in [0.15, 0.2) is 0 Å². The molecule has 2 saturated heterocycles. The number of benzene rings is 2. The highest BCUT2D eigenvalue weighted by molar-refractivity contribution is 9.10. The number of rotatable bonds is 4. The Balaban J connectivity index is 0.000000322. The van der Waals surface area contributed by atoms with Crippen molar-refractivity contribution in [1.82, 2.24) is 10.2 Å². The van der Waals surface area contributed by atoms with Crippen LogP contribution in [0.1, 0.15) is 88.9 Å². The third-order valence-electron chi connectivity index (χ3n) is 6.59. The lowest BCUT2D eigenvalue weighted by Crippen LogP contribution is -2.48. The maximum absolute atomic E-state index is 12.4. The number of hydrogen-bond acceptors (Lipinski definition) is 6. The van der Waals surface area contributed by atoms with Gasteiger partial charge < -0.3 is 29.9 Å². The number of aromatic carboxylic acids is 1. The average molecular weight is 734 g/mol. The number of aliphatic hydroxyl groups is 1. The Morgan fingerprint density at radius 2 is 1.42 bits per heavy atom. The molecule has 6 atom stereocenters. The molecule has 43 heavy (non-hydrogen) atoms. The number of carbonyl (C=O) groups excluding carboxylic acids is 1. The predicted octanol–water partition coefficient (Wildman–Crippen LogP) is 7.01. The summed E-state index contributed by atoms with van der Waals surface area (Å²) in [5.41, 5.74) is 3.09. The Kier molecular flexibility index (Phi) is 16.8. The van der Waals surface area contributed by atoms with Crippen molar-refractivity contribution in [2.24, 2.45) is 0 Å². The molecule has 2 aromatic carbocycles. The van der Waals surface area contributed by atoms with Gasteiger partial charge in [-0.3, -0.25) is 4.79 Å². The molecule has 0 bridgehead atoms. The van der Waals surface area contributed by atoms with E-state index in [9.17, 15) is 9.59 Å². The van der Waals surface area contributed by atoms with Gasteiger partial charge in [0, 0.05) is 43.4 Å². The SMILES string of the molecule is C[C@@H]1CNC[C@H](C)O1.Cc1cc(C(=O)N2C[C@@H](C)O[C@@H](C)C2)ccc1Br.Cc1cc(C(=O)O)ccc1Br.[2H]C([3H])CC(O)CC. The van der Waals surface area contributed by atoms with E-state index in [1.165, 1.54) is 0 Å². The number of nitrogens with one attached hydrogen (secondary N) is 1. The summed E-state index contributed by atoms with van der Waals surface area (Å²) in [7, 11) is 0. The fraction of sp³-hybridized carbons (Fsp3) is 0.576. The predicted molar refractivity (Wildman–Crippen MR) is 180 cm³/mol. The van der Waals surface area contributed by atoms with E-state index in [0.717, 1.165) is 38.7 Å². The van der Waals surface area contributed by atoms with Gasteiger partial charge in [-0.1, -0.05) is 45.7 Å². The van der Waals surface area contributed by atoms with Crippen LogP contribution in [0.2, 0.25) is 0 Å². The van der Waals surface area contributed by atoms with Crippen LogP contribution in [0.3, 0.4) is 0 Å². The summed E-state index contributed by atoms with van der Waals surface area (Å²) >= 11 is 6.73. The van der Waals surface area contributed by atoms with Crippen LogP contribution in [0.25, 0.3) is 0 Å². The molecule has 8 nitrogen and oxygen atoms in total. The quantitative estimate of drug-likeness (QED) is 0.310. The summed E-state index contributed by atoms with van der Waals surface area (Å²) < 4.78 is 26.5. The molecule has 0 aromatic heterocycles. The molecule has 2 heterocycles. The lowest BCUT2D eigenvalue weighted by atomic mass is 10.1. The summed E-state index contributed by atoms with van der Waals surface area (Å²) in [6, 6.07) is 10.7. The van der Waals surface area contributed by atoms with E-state index in [4.69, 9.17) is 22.4 Å². The van der Waals surface area contributed by atoms with Crippen molar-refractivity contribution < 1.29 is 32.0 Å². The van der Waals surface area contributed by atoms with Crippen LogP contribution in [-0.4, -0.2) is 83.7 Å². The second-order valence-electron chi connectivity index (χ2n) is 10.9. The zero-order valence-electron chi connectivity index (χ0n) is 28.4. The number of aryl methyl sites for hydroxylation is 2. The van der Waals surface area contributed by atoms with Crippen LogP contribution in [0.5, 0.6) is 0 Å². The molecule has 2 aromatic rings. The summed E-state index contributed by atoms with van der Waals surface area (Å²) in [6.45, 7) is 16.3. The normalized spacial score (nSPS) is 23.3. The highest BCUT2D eigenvalue weighted by atomic mass is 79.9. The van der Waals surface area contributed by atoms with E-state index < -0.39 is 18.9 Å². The Labute approximate surface area is 277 Å². The molecule has 4 rings (SSSR count). The van der Waals surface area contributed by atoms with Gasteiger partial charge >= 0.3 is 5.97 Å². The third-order valence-corrected chi connectivity index (χ3v) is 8.37. The zero-order valence-corrected chi connectivity index (χ0v) is 29.6. The van der Waals surface area contributed by atoms with Crippen molar-refractivity contribution in [3.05, 3.63) is 67.6 Å². The molecule has 0 saturated carbocycles. The number of carbonyl (C=O) groups is 2. The highest BCUT2D eigenvalue weighted by Gasteiger charge is 2.26. The second kappa shape index (κ2) is 20.3. The van der Waals surface area contributed by atoms with Crippen molar-refractivity contribution in [2.75, 3.05) is 26.2 Å². The first-order chi connectivity index (χ1) is 21.0. The lowest BCUT2D eigenvalue weighted by molar-refractivity contribution is -0.0586. The van der Waals surface area contributed by atoms with E-state index in [0.29, 0.717) is 37.3 Å². The summed E-state index contributed by atoms with van der Waals surface area (Å²) in [5, 5.41) is 20.6. The third kappa shape index (κ3) is 15.1. The smallest absolute Gasteiger partial charge is 0.335 e. The second-order valence-corrected chi connectivity index (χ2v) is 12.6. The van der Waals surface area contributed by atoms with Crippen molar-refractivity contribution in [3.8, 4) is 0 Å². The Bertz CT molecular complexity index is 1190. The average Bonchev–Trinajstić information content (AvgIpc) is 2.95. The molecule has 0 aliphatic carbocycles. The van der Waals surface area contributed by atoms with E-state index in [2.05, 4.69) is 51.0 Å². The standard InChI is InChI=1S/C14H18BrNO2.C8H7BrO2.C6H13NO.C5H12O/c1-9-6-12(4-5-13(9)15)14(17)16-7-10(2)18-11(3)8-16;1-5-4-6(8(10)11)2-3-7(5)9;1-5-3-7-4-6(2)8-5;1-3-5(6)4-2/h4-6,10-11H,7-8H2,1-3H3;2-4H,1H3,(H,10,11);5-7H,3-4H2,1-2H3;5-6H,3-4H2,1-2H3/t10-,11+;;5-,6+;/i;;;1TD. The molecule has 0 spiro atoms. The monoisotopic (exact) mass is 731 g/mol. The first-order valence-corrected chi connectivity index (χ1v) is 16.2. The first-order valence-electron chi connectivity index (χ1n) is 15.8. The van der Waals surface area contributed by atoms with Crippen LogP contribution in [0.4, 0.5) is 0 Å². The number of ether oxygens (including phenoxy) is 2. The minimum Gasteiger partial charge on any atom is -0.478 e. The van der Waals surface area contributed by atoms with Crippen LogP contribution >= 0.6 is 31.9 Å². The highest BCUT2D eigenvalue weighted by Crippen LogP contribution is 2.20. The number of halogens is 2. The van der Waals surface area contributed by atoms with E-state index in [1.807, 2.05) is 57.7 Å². The lowest BCUT2D eigenvalue weighted by Gasteiger charge is -2.35. The van der Waals surface area contributed by atoms with Gasteiger partial charge in [0.1, 0.15) is 0 Å². The molecule has 2 fully saturated rings. The molecule has 3 N–H and O–H groups in total. The molecular weight excluding hydrogens is 680 g/mol. The van der Waals surface area contributed by atoms with Crippen molar-refractivity contribution >= 4 is 43.7 Å². The number of morpholine rings is 2. The summed E-state index contributed by atoms with van der Waals surface area (Å²) in [4.78, 5) is 24.7. The Hall–Kier alpha value is -1.82. The van der Waals surface area contributed by atoms with Gasteiger partial charge in [-0.05, 0) is 102 Å². The van der Waals surface area contributed by atoms with Crippen LogP contribution < -0.4 is 5.32 Å². The number of carboxylic acids is 1. The van der Waals surface area contributed by atoms with E-state index in [-0.39, 0.29) is 24.5 Å². The number of aliphatic hydroxyl groups excluding tert-OH is 1. The fourth-order valence-corrected chi connectivity index (χ4v) is 4.72. The van der Waals surface area contributed by atoms with Crippen LogP contribution in [0.15, 0.2) is 45.3 Å². The number of carboxylic acid groups (broad SMARTS) is 1. The molecule has 1 amide bonds. The van der Waals surface area contributed by atoms with Gasteiger partial charge in [0.05, 0.1) is 36.1 Å². The fourth-order valence-electron chi connectivity index (χ4n) is 4.23. The Morgan fingerprint density at radius 1 is 0.953 bits per heavy atom. The molecule has 10 heteroatoms. The minimum atomic E-state index is -0.888. The molecule has 2 aliphatic rings. The van der Waals surface area contributed by atoms with Crippen LogP contribution in [-0.2, 0) is 9.47 Å². The van der Waals surface area contributed by atoms with Crippen molar-refractivity contribution in [2.45, 2.75) is 98.7 Å². The molecule has 0 radical (unpaired) electrons. The maximum Gasteiger partial charge on any atom is 0.335 e.